The molecule has 1 nitrogen and oxygen atoms in total. The molecule has 0 atom stereocenters. The minimum Gasteiger partial charge on any atom is -0.456 e. The Hall–Kier alpha value is -0.990. The van der Waals surface area contributed by atoms with E-state index >= 15 is 0 Å². The highest BCUT2D eigenvalue weighted by atomic mass is 79.9. The first-order valence-corrected chi connectivity index (χ1v) is 5.61. The quantitative estimate of drug-likeness (QED) is 0.762. The molecule has 0 spiro atoms. The Kier molecular flexibility index (Phi) is 3.29. The van der Waals surface area contributed by atoms with Crippen molar-refractivity contribution in [2.75, 3.05) is 0 Å². The van der Waals surface area contributed by atoms with E-state index in [1.807, 2.05) is 42.5 Å². The second kappa shape index (κ2) is 4.69. The van der Waals surface area contributed by atoms with E-state index in [1.54, 1.807) is 6.07 Å². The van der Waals surface area contributed by atoms with Crippen LogP contribution in [0.2, 0.25) is 5.02 Å². The van der Waals surface area contributed by atoms with Gasteiger partial charge >= 0.3 is 0 Å². The van der Waals surface area contributed by atoms with Crippen LogP contribution < -0.4 is 4.74 Å². The average Bonchev–Trinajstić information content (AvgIpc) is 2.22. The van der Waals surface area contributed by atoms with Gasteiger partial charge in [0.2, 0.25) is 0 Å². The van der Waals surface area contributed by atoms with Gasteiger partial charge < -0.3 is 4.74 Å². The van der Waals surface area contributed by atoms with Crippen LogP contribution in [0.3, 0.4) is 0 Å². The monoisotopic (exact) mass is 282 g/mol. The predicted molar refractivity (Wildman–Crippen MR) is 65.7 cm³/mol. The molecule has 0 aliphatic rings. The van der Waals surface area contributed by atoms with Crippen molar-refractivity contribution in [1.82, 2.24) is 0 Å². The molecule has 0 heterocycles. The van der Waals surface area contributed by atoms with Crippen LogP contribution in [0.25, 0.3) is 0 Å². The van der Waals surface area contributed by atoms with Crippen LogP contribution in [-0.2, 0) is 0 Å². The molecular weight excluding hydrogens is 275 g/mol. The van der Waals surface area contributed by atoms with Crippen molar-refractivity contribution >= 4 is 27.5 Å². The summed E-state index contributed by atoms with van der Waals surface area (Å²) in [7, 11) is 0. The molecule has 76 valence electrons. The van der Waals surface area contributed by atoms with Crippen molar-refractivity contribution < 1.29 is 4.74 Å². The normalized spacial score (nSPS) is 10.0. The van der Waals surface area contributed by atoms with E-state index < -0.39 is 0 Å². The molecule has 0 N–H and O–H groups in total. The summed E-state index contributed by atoms with van der Waals surface area (Å²) in [6.45, 7) is 0. The highest BCUT2D eigenvalue weighted by Crippen LogP contribution is 2.29. The maximum absolute atomic E-state index is 5.98. The summed E-state index contributed by atoms with van der Waals surface area (Å²) >= 11 is 9.36. The smallest absolute Gasteiger partial charge is 0.146 e. The fourth-order valence-corrected chi connectivity index (χ4v) is 1.74. The third-order valence-corrected chi connectivity index (χ3v) is 2.67. The zero-order chi connectivity index (χ0) is 10.7. The molecule has 0 saturated carbocycles. The first-order valence-electron chi connectivity index (χ1n) is 4.43. The van der Waals surface area contributed by atoms with Crippen LogP contribution in [-0.4, -0.2) is 0 Å². The lowest BCUT2D eigenvalue weighted by Crippen LogP contribution is -1.84. The van der Waals surface area contributed by atoms with Gasteiger partial charge in [-0.25, -0.2) is 0 Å². The molecule has 0 aliphatic heterocycles. The molecule has 2 aromatic carbocycles. The summed E-state index contributed by atoms with van der Waals surface area (Å²) in [5.74, 6) is 1.43. The SMILES string of the molecule is Clc1ccccc1Oc1cccc(Br)c1. The molecule has 0 bridgehead atoms. The van der Waals surface area contributed by atoms with Crippen molar-refractivity contribution in [3.8, 4) is 11.5 Å². The maximum atomic E-state index is 5.98. The first-order chi connectivity index (χ1) is 7.25. The van der Waals surface area contributed by atoms with Crippen molar-refractivity contribution in [1.29, 1.82) is 0 Å². The average molecular weight is 284 g/mol. The minimum absolute atomic E-state index is 0.609. The van der Waals surface area contributed by atoms with E-state index in [-0.39, 0.29) is 0 Å². The number of halogens is 2. The van der Waals surface area contributed by atoms with Crippen LogP contribution in [0.5, 0.6) is 11.5 Å². The molecule has 0 aromatic heterocycles. The second-order valence-corrected chi connectivity index (χ2v) is 4.31. The third-order valence-electron chi connectivity index (χ3n) is 1.86. The highest BCUT2D eigenvalue weighted by Gasteiger charge is 2.01. The van der Waals surface area contributed by atoms with Crippen LogP contribution in [0.15, 0.2) is 53.0 Å². The maximum Gasteiger partial charge on any atom is 0.146 e. The van der Waals surface area contributed by atoms with Crippen LogP contribution in [0.4, 0.5) is 0 Å². The molecule has 15 heavy (non-hydrogen) atoms. The summed E-state index contributed by atoms with van der Waals surface area (Å²) in [6.07, 6.45) is 0. The predicted octanol–water partition coefficient (Wildman–Crippen LogP) is 4.89. The molecule has 2 aromatic rings. The van der Waals surface area contributed by atoms with Gasteiger partial charge in [-0.1, -0.05) is 45.7 Å². The number of benzene rings is 2. The van der Waals surface area contributed by atoms with Gasteiger partial charge in [0, 0.05) is 4.47 Å². The van der Waals surface area contributed by atoms with Crippen LogP contribution >= 0.6 is 27.5 Å². The number of hydrogen-bond acceptors (Lipinski definition) is 1. The third kappa shape index (κ3) is 2.74. The van der Waals surface area contributed by atoms with E-state index in [9.17, 15) is 0 Å². The minimum atomic E-state index is 0.609. The van der Waals surface area contributed by atoms with Gasteiger partial charge in [-0.2, -0.15) is 0 Å². The Morgan fingerprint density at radius 2 is 1.80 bits per heavy atom. The largest absolute Gasteiger partial charge is 0.456 e. The van der Waals surface area contributed by atoms with E-state index in [0.29, 0.717) is 10.8 Å². The summed E-state index contributed by atoms with van der Waals surface area (Å²) < 4.78 is 6.61. The Morgan fingerprint density at radius 3 is 2.53 bits per heavy atom. The van der Waals surface area contributed by atoms with Gasteiger partial charge in [0.15, 0.2) is 0 Å². The van der Waals surface area contributed by atoms with Gasteiger partial charge in [-0.05, 0) is 30.3 Å². The number of rotatable bonds is 2. The van der Waals surface area contributed by atoms with E-state index in [1.165, 1.54) is 0 Å². The van der Waals surface area contributed by atoms with Gasteiger partial charge in [-0.3, -0.25) is 0 Å². The number of hydrogen-bond donors (Lipinski definition) is 0. The zero-order valence-corrected chi connectivity index (χ0v) is 10.1. The van der Waals surface area contributed by atoms with Crippen molar-refractivity contribution in [2.45, 2.75) is 0 Å². The van der Waals surface area contributed by atoms with Gasteiger partial charge in [0.1, 0.15) is 11.5 Å². The zero-order valence-electron chi connectivity index (χ0n) is 7.78. The lowest BCUT2D eigenvalue weighted by atomic mass is 10.3. The lowest BCUT2D eigenvalue weighted by Gasteiger charge is -2.07. The molecule has 0 fully saturated rings. The summed E-state index contributed by atoms with van der Waals surface area (Å²) in [6, 6.07) is 15.0. The van der Waals surface area contributed by atoms with Gasteiger partial charge in [-0.15, -0.1) is 0 Å². The number of para-hydroxylation sites is 1. The Balaban J connectivity index is 2.26. The molecule has 0 aliphatic carbocycles. The second-order valence-electron chi connectivity index (χ2n) is 2.99. The molecule has 3 heteroatoms. The number of ether oxygens (including phenoxy) is 1. The standard InChI is InChI=1S/C12H8BrClO/c13-9-4-3-5-10(8-9)15-12-7-2-1-6-11(12)14/h1-8H. The van der Waals surface area contributed by atoms with Crippen molar-refractivity contribution in [3.63, 3.8) is 0 Å². The Morgan fingerprint density at radius 1 is 1.00 bits per heavy atom. The Labute approximate surface area is 102 Å². The molecule has 0 amide bonds. The highest BCUT2D eigenvalue weighted by molar-refractivity contribution is 9.10. The van der Waals surface area contributed by atoms with Gasteiger partial charge in [0.05, 0.1) is 5.02 Å². The van der Waals surface area contributed by atoms with Crippen LogP contribution in [0.1, 0.15) is 0 Å². The summed E-state index contributed by atoms with van der Waals surface area (Å²) in [4.78, 5) is 0. The van der Waals surface area contributed by atoms with Crippen LogP contribution in [0, 0.1) is 0 Å². The fraction of sp³-hybridized carbons (Fsp3) is 0. The summed E-state index contributed by atoms with van der Waals surface area (Å²) in [5, 5.41) is 0.609. The summed E-state index contributed by atoms with van der Waals surface area (Å²) in [5.41, 5.74) is 0. The lowest BCUT2D eigenvalue weighted by molar-refractivity contribution is 0.482. The van der Waals surface area contributed by atoms with Crippen molar-refractivity contribution in [2.24, 2.45) is 0 Å². The first kappa shape index (κ1) is 10.5. The molecule has 0 saturated heterocycles. The molecule has 2 rings (SSSR count). The van der Waals surface area contributed by atoms with E-state index in [4.69, 9.17) is 16.3 Å². The van der Waals surface area contributed by atoms with E-state index in [2.05, 4.69) is 15.9 Å². The molecule has 0 unspecified atom stereocenters. The Bertz CT molecular complexity index is 471. The topological polar surface area (TPSA) is 9.23 Å². The van der Waals surface area contributed by atoms with Crippen molar-refractivity contribution in [3.05, 3.63) is 58.0 Å². The fourth-order valence-electron chi connectivity index (χ4n) is 1.18. The van der Waals surface area contributed by atoms with E-state index in [0.717, 1.165) is 10.2 Å². The molecule has 0 radical (unpaired) electrons. The van der Waals surface area contributed by atoms with Gasteiger partial charge in [0.25, 0.3) is 0 Å². The molecular formula is C12H8BrClO.